The summed E-state index contributed by atoms with van der Waals surface area (Å²) in [5, 5.41) is 3.73. The predicted molar refractivity (Wildman–Crippen MR) is 70.7 cm³/mol. The van der Waals surface area contributed by atoms with E-state index in [4.69, 9.17) is 10.3 Å². The molecule has 0 saturated heterocycles. The smallest absolute Gasteiger partial charge is 0.245 e. The molecule has 1 aromatic carbocycles. The highest BCUT2D eigenvalue weighted by Gasteiger charge is 2.24. The number of nitrogens with two attached hydrogens (primary N) is 1. The molecule has 0 aliphatic heterocycles. The van der Waals surface area contributed by atoms with Crippen LogP contribution in [0, 0.1) is 12.7 Å². The largest absolute Gasteiger partial charge is 0.398 e. The third-order valence-corrected chi connectivity index (χ3v) is 4.60. The molecule has 2 aromatic rings. The van der Waals surface area contributed by atoms with Gasteiger partial charge in [0.05, 0.1) is 17.9 Å². The molecule has 1 aromatic heterocycles. The van der Waals surface area contributed by atoms with Crippen molar-refractivity contribution < 1.29 is 17.3 Å². The molecule has 0 saturated carbocycles. The molecule has 2 rings (SSSR count). The van der Waals surface area contributed by atoms with Gasteiger partial charge in [0, 0.05) is 13.1 Å². The molecule has 0 bridgehead atoms. The maximum atomic E-state index is 13.0. The van der Waals surface area contributed by atoms with E-state index in [1.165, 1.54) is 7.05 Å². The van der Waals surface area contributed by atoms with Gasteiger partial charge in [-0.3, -0.25) is 0 Å². The summed E-state index contributed by atoms with van der Waals surface area (Å²) in [4.78, 5) is -0.137. The Labute approximate surface area is 116 Å². The molecule has 20 heavy (non-hydrogen) atoms. The number of sulfonamides is 1. The van der Waals surface area contributed by atoms with Crippen molar-refractivity contribution in [3.63, 3.8) is 0 Å². The second-order valence-electron chi connectivity index (χ2n) is 4.37. The summed E-state index contributed by atoms with van der Waals surface area (Å²) in [5.41, 5.74) is 5.91. The van der Waals surface area contributed by atoms with Gasteiger partial charge in [0.1, 0.15) is 16.5 Å². The number of hydrogen-bond donors (Lipinski definition) is 1. The monoisotopic (exact) mass is 299 g/mol. The number of nitrogens with zero attached hydrogens (tertiary/aromatic N) is 2. The topological polar surface area (TPSA) is 89.4 Å². The van der Waals surface area contributed by atoms with Crippen molar-refractivity contribution in [2.75, 3.05) is 12.8 Å². The fourth-order valence-corrected chi connectivity index (χ4v) is 2.96. The minimum Gasteiger partial charge on any atom is -0.398 e. The zero-order valence-electron chi connectivity index (χ0n) is 11.0. The van der Waals surface area contributed by atoms with Gasteiger partial charge in [-0.15, -0.1) is 0 Å². The minimum atomic E-state index is -3.82. The molecule has 108 valence electrons. The fourth-order valence-electron chi connectivity index (χ4n) is 1.73. The van der Waals surface area contributed by atoms with Crippen LogP contribution in [0.5, 0.6) is 0 Å². The Balaban J connectivity index is 2.29. The van der Waals surface area contributed by atoms with Crippen LogP contribution in [0.15, 0.2) is 33.7 Å². The van der Waals surface area contributed by atoms with Gasteiger partial charge in [0.15, 0.2) is 0 Å². The summed E-state index contributed by atoms with van der Waals surface area (Å²) in [5.74, 6) is 0.00308. The Bertz CT molecular complexity index is 727. The first-order chi connectivity index (χ1) is 9.30. The van der Waals surface area contributed by atoms with Gasteiger partial charge in [0.25, 0.3) is 0 Å². The molecule has 0 unspecified atom stereocenters. The first-order valence-corrected chi connectivity index (χ1v) is 7.18. The normalized spacial score (nSPS) is 12.0. The number of benzene rings is 1. The fraction of sp³-hybridized carbons (Fsp3) is 0.250. The molecular weight excluding hydrogens is 285 g/mol. The quantitative estimate of drug-likeness (QED) is 0.865. The predicted octanol–water partition coefficient (Wildman–Crippen LogP) is 1.53. The van der Waals surface area contributed by atoms with Crippen LogP contribution < -0.4 is 5.73 Å². The van der Waals surface area contributed by atoms with Crippen molar-refractivity contribution in [2.45, 2.75) is 18.4 Å². The van der Waals surface area contributed by atoms with Gasteiger partial charge >= 0.3 is 0 Å². The van der Waals surface area contributed by atoms with E-state index < -0.39 is 15.8 Å². The molecule has 0 aliphatic rings. The van der Waals surface area contributed by atoms with E-state index in [2.05, 4.69) is 5.16 Å². The van der Waals surface area contributed by atoms with E-state index in [-0.39, 0.29) is 17.1 Å². The molecule has 8 heteroatoms. The van der Waals surface area contributed by atoms with Crippen LogP contribution in [0.4, 0.5) is 10.1 Å². The molecule has 2 N–H and O–H groups in total. The highest BCUT2D eigenvalue weighted by atomic mass is 32.2. The lowest BCUT2D eigenvalue weighted by Gasteiger charge is -2.17. The lowest BCUT2D eigenvalue weighted by Crippen LogP contribution is -2.27. The standard InChI is InChI=1S/C12H14FN3O3S/c1-8-5-10(15-19-8)7-16(2)20(17,18)12-4-3-9(13)6-11(12)14/h3-6H,7,14H2,1-2H3. The van der Waals surface area contributed by atoms with Crippen molar-refractivity contribution in [1.29, 1.82) is 0 Å². The van der Waals surface area contributed by atoms with E-state index in [0.717, 1.165) is 22.5 Å². The van der Waals surface area contributed by atoms with Gasteiger partial charge in [-0.2, -0.15) is 4.31 Å². The minimum absolute atomic E-state index is 0.0382. The van der Waals surface area contributed by atoms with E-state index in [1.807, 2.05) is 0 Å². The van der Waals surface area contributed by atoms with Gasteiger partial charge in [-0.05, 0) is 25.1 Å². The van der Waals surface area contributed by atoms with E-state index >= 15 is 0 Å². The number of nitrogen functional groups attached to an aromatic ring is 1. The van der Waals surface area contributed by atoms with Crippen molar-refractivity contribution >= 4 is 15.7 Å². The number of halogens is 1. The third-order valence-electron chi connectivity index (χ3n) is 2.72. The van der Waals surface area contributed by atoms with E-state index in [9.17, 15) is 12.8 Å². The summed E-state index contributed by atoms with van der Waals surface area (Å²) in [7, 11) is -2.42. The van der Waals surface area contributed by atoms with E-state index in [1.54, 1.807) is 13.0 Å². The lowest BCUT2D eigenvalue weighted by atomic mass is 10.3. The first kappa shape index (κ1) is 14.5. The zero-order valence-corrected chi connectivity index (χ0v) is 11.8. The maximum Gasteiger partial charge on any atom is 0.245 e. The summed E-state index contributed by atoms with van der Waals surface area (Å²) < 4.78 is 43.6. The van der Waals surface area contributed by atoms with Crippen molar-refractivity contribution in [2.24, 2.45) is 0 Å². The Morgan fingerprint density at radius 3 is 2.65 bits per heavy atom. The summed E-state index contributed by atoms with van der Waals surface area (Å²) in [6.07, 6.45) is 0. The number of aromatic nitrogens is 1. The molecule has 0 atom stereocenters. The van der Waals surface area contributed by atoms with Gasteiger partial charge in [-0.25, -0.2) is 12.8 Å². The summed E-state index contributed by atoms with van der Waals surface area (Å²) in [6.45, 7) is 1.75. The van der Waals surface area contributed by atoms with Crippen LogP contribution in [0.3, 0.4) is 0 Å². The Hall–Kier alpha value is -1.93. The Morgan fingerprint density at radius 2 is 2.10 bits per heavy atom. The van der Waals surface area contributed by atoms with Gasteiger partial charge in [0.2, 0.25) is 10.0 Å². The van der Waals surface area contributed by atoms with Crippen LogP contribution in [-0.4, -0.2) is 24.9 Å². The molecule has 0 radical (unpaired) electrons. The molecule has 0 aliphatic carbocycles. The molecule has 0 spiro atoms. The maximum absolute atomic E-state index is 13.0. The summed E-state index contributed by atoms with van der Waals surface area (Å²) in [6, 6.07) is 4.81. The van der Waals surface area contributed by atoms with Crippen LogP contribution in [0.1, 0.15) is 11.5 Å². The number of aryl methyl sites for hydroxylation is 1. The van der Waals surface area contributed by atoms with Crippen molar-refractivity contribution in [1.82, 2.24) is 9.46 Å². The second kappa shape index (κ2) is 5.22. The average Bonchev–Trinajstić information content (AvgIpc) is 2.74. The van der Waals surface area contributed by atoms with Crippen LogP contribution >= 0.6 is 0 Å². The lowest BCUT2D eigenvalue weighted by molar-refractivity contribution is 0.378. The van der Waals surface area contributed by atoms with E-state index in [0.29, 0.717) is 11.5 Å². The zero-order chi connectivity index (χ0) is 14.9. The highest BCUT2D eigenvalue weighted by molar-refractivity contribution is 7.89. The van der Waals surface area contributed by atoms with Crippen LogP contribution in [0.2, 0.25) is 0 Å². The van der Waals surface area contributed by atoms with Crippen LogP contribution in [-0.2, 0) is 16.6 Å². The number of anilines is 1. The molecular formula is C12H14FN3O3S. The number of hydrogen-bond acceptors (Lipinski definition) is 5. The number of rotatable bonds is 4. The third kappa shape index (κ3) is 2.81. The van der Waals surface area contributed by atoms with Gasteiger partial charge < -0.3 is 10.3 Å². The first-order valence-electron chi connectivity index (χ1n) is 5.74. The van der Waals surface area contributed by atoms with Crippen molar-refractivity contribution in [3.8, 4) is 0 Å². The molecule has 6 nitrogen and oxygen atoms in total. The second-order valence-corrected chi connectivity index (χ2v) is 6.39. The highest BCUT2D eigenvalue weighted by Crippen LogP contribution is 2.23. The summed E-state index contributed by atoms with van der Waals surface area (Å²) >= 11 is 0. The molecule has 0 amide bonds. The van der Waals surface area contributed by atoms with Crippen LogP contribution in [0.25, 0.3) is 0 Å². The Kier molecular flexibility index (Phi) is 3.78. The molecule has 0 fully saturated rings. The Morgan fingerprint density at radius 1 is 1.40 bits per heavy atom. The SMILES string of the molecule is Cc1cc(CN(C)S(=O)(=O)c2ccc(F)cc2N)no1. The van der Waals surface area contributed by atoms with Crippen molar-refractivity contribution in [3.05, 3.63) is 41.5 Å². The molecule has 1 heterocycles. The average molecular weight is 299 g/mol. The van der Waals surface area contributed by atoms with Gasteiger partial charge in [-0.1, -0.05) is 5.16 Å².